The second-order valence-electron chi connectivity index (χ2n) is 2.90. The van der Waals surface area contributed by atoms with Crippen molar-refractivity contribution >= 4 is 0 Å². The van der Waals surface area contributed by atoms with Gasteiger partial charge in [0, 0.05) is 29.4 Å². The fourth-order valence-corrected chi connectivity index (χ4v) is 1.52. The fourth-order valence-electron chi connectivity index (χ4n) is 1.52. The first-order valence-corrected chi connectivity index (χ1v) is 3.95. The monoisotopic (exact) mass is 163 g/mol. The van der Waals surface area contributed by atoms with Crippen LogP contribution in [0.15, 0.2) is 17.4 Å². The van der Waals surface area contributed by atoms with Crippen molar-refractivity contribution in [2.24, 2.45) is 5.11 Å². The SMILES string of the molecule is [N-]=[N+]=NC1CCn2nccc2C1. The Morgan fingerprint density at radius 2 is 2.67 bits per heavy atom. The third-order valence-corrected chi connectivity index (χ3v) is 2.14. The summed E-state index contributed by atoms with van der Waals surface area (Å²) in [6.07, 6.45) is 3.51. The normalized spacial score (nSPS) is 21.2. The van der Waals surface area contributed by atoms with E-state index in [0.29, 0.717) is 0 Å². The molecule has 0 saturated heterocycles. The summed E-state index contributed by atoms with van der Waals surface area (Å²) in [5, 5.41) is 7.83. The maximum Gasteiger partial charge on any atom is 0.0492 e. The molecule has 0 amide bonds. The Labute approximate surface area is 69.6 Å². The van der Waals surface area contributed by atoms with Crippen LogP contribution in [0, 0.1) is 0 Å². The van der Waals surface area contributed by atoms with Gasteiger partial charge in [-0.1, -0.05) is 5.11 Å². The number of aromatic nitrogens is 2. The molecule has 5 heteroatoms. The zero-order valence-corrected chi connectivity index (χ0v) is 6.59. The first-order valence-electron chi connectivity index (χ1n) is 3.95. The Morgan fingerprint density at radius 3 is 3.50 bits per heavy atom. The number of azide groups is 1. The lowest BCUT2D eigenvalue weighted by Crippen LogP contribution is -2.21. The highest BCUT2D eigenvalue weighted by molar-refractivity contribution is 5.05. The lowest BCUT2D eigenvalue weighted by molar-refractivity contribution is 0.438. The lowest BCUT2D eigenvalue weighted by atomic mass is 10.1. The van der Waals surface area contributed by atoms with Crippen molar-refractivity contribution in [3.63, 3.8) is 0 Å². The second kappa shape index (κ2) is 2.87. The predicted octanol–water partition coefficient (Wildman–Crippen LogP) is 1.51. The number of hydrogen-bond donors (Lipinski definition) is 0. The molecule has 0 aliphatic carbocycles. The molecule has 1 aromatic rings. The van der Waals surface area contributed by atoms with Gasteiger partial charge >= 0.3 is 0 Å². The maximum absolute atomic E-state index is 8.25. The highest BCUT2D eigenvalue weighted by atomic mass is 15.3. The van der Waals surface area contributed by atoms with Crippen LogP contribution in [-0.2, 0) is 13.0 Å². The summed E-state index contributed by atoms with van der Waals surface area (Å²) in [4.78, 5) is 2.81. The van der Waals surface area contributed by atoms with Crippen molar-refractivity contribution in [1.82, 2.24) is 9.78 Å². The van der Waals surface area contributed by atoms with E-state index in [1.165, 1.54) is 5.69 Å². The summed E-state index contributed by atoms with van der Waals surface area (Å²) in [7, 11) is 0. The minimum atomic E-state index is 0.124. The van der Waals surface area contributed by atoms with Gasteiger partial charge in [0.05, 0.1) is 0 Å². The molecular formula is C7H9N5. The molecule has 1 atom stereocenters. The number of aryl methyl sites for hydroxylation is 1. The quantitative estimate of drug-likeness (QED) is 0.351. The summed E-state index contributed by atoms with van der Waals surface area (Å²) in [5.41, 5.74) is 9.42. The second-order valence-corrected chi connectivity index (χ2v) is 2.90. The molecule has 0 bridgehead atoms. The molecule has 1 aliphatic rings. The van der Waals surface area contributed by atoms with E-state index in [2.05, 4.69) is 15.1 Å². The molecule has 0 spiro atoms. The predicted molar refractivity (Wildman–Crippen MR) is 43.5 cm³/mol. The van der Waals surface area contributed by atoms with Gasteiger partial charge in [0.1, 0.15) is 0 Å². The van der Waals surface area contributed by atoms with E-state index in [4.69, 9.17) is 5.53 Å². The molecule has 0 aromatic carbocycles. The molecule has 1 aromatic heterocycles. The van der Waals surface area contributed by atoms with Crippen LogP contribution in [0.2, 0.25) is 0 Å². The van der Waals surface area contributed by atoms with Crippen LogP contribution in [0.25, 0.3) is 10.4 Å². The topological polar surface area (TPSA) is 66.6 Å². The van der Waals surface area contributed by atoms with Crippen LogP contribution in [0.5, 0.6) is 0 Å². The molecule has 2 rings (SSSR count). The van der Waals surface area contributed by atoms with Crippen molar-refractivity contribution < 1.29 is 0 Å². The summed E-state index contributed by atoms with van der Waals surface area (Å²) in [6, 6.07) is 2.10. The van der Waals surface area contributed by atoms with Crippen molar-refractivity contribution in [3.8, 4) is 0 Å². The zero-order chi connectivity index (χ0) is 8.39. The minimum Gasteiger partial charge on any atom is -0.270 e. The molecular weight excluding hydrogens is 154 g/mol. The van der Waals surface area contributed by atoms with Crippen LogP contribution in [0.1, 0.15) is 12.1 Å². The van der Waals surface area contributed by atoms with E-state index >= 15 is 0 Å². The van der Waals surface area contributed by atoms with Crippen LogP contribution >= 0.6 is 0 Å². The summed E-state index contributed by atoms with van der Waals surface area (Å²) in [6.45, 7) is 0.867. The smallest absolute Gasteiger partial charge is 0.0492 e. The van der Waals surface area contributed by atoms with E-state index in [0.717, 1.165) is 19.4 Å². The highest BCUT2D eigenvalue weighted by Crippen LogP contribution is 2.16. The molecule has 0 N–H and O–H groups in total. The molecule has 5 nitrogen and oxygen atoms in total. The Hall–Kier alpha value is -1.48. The number of fused-ring (bicyclic) bond motifs is 1. The zero-order valence-electron chi connectivity index (χ0n) is 6.59. The Kier molecular flexibility index (Phi) is 1.72. The van der Waals surface area contributed by atoms with E-state index in [-0.39, 0.29) is 6.04 Å². The third-order valence-electron chi connectivity index (χ3n) is 2.14. The number of hydrogen-bond acceptors (Lipinski definition) is 2. The summed E-state index contributed by atoms with van der Waals surface area (Å²) < 4.78 is 1.96. The standard InChI is InChI=1S/C7H9N5/c8-11-10-6-2-4-12-7(5-6)1-3-9-12/h1,3,6H,2,4-5H2. The van der Waals surface area contributed by atoms with Crippen molar-refractivity contribution in [3.05, 3.63) is 28.4 Å². The first kappa shape index (κ1) is 7.18. The van der Waals surface area contributed by atoms with Gasteiger partial charge in [0.2, 0.25) is 0 Å². The van der Waals surface area contributed by atoms with Gasteiger partial charge in [-0.05, 0) is 24.4 Å². The first-order chi connectivity index (χ1) is 5.90. The van der Waals surface area contributed by atoms with Crippen LogP contribution in [0.3, 0.4) is 0 Å². The molecule has 1 unspecified atom stereocenters. The van der Waals surface area contributed by atoms with E-state index < -0.39 is 0 Å². The average molecular weight is 163 g/mol. The highest BCUT2D eigenvalue weighted by Gasteiger charge is 2.16. The number of rotatable bonds is 1. The van der Waals surface area contributed by atoms with Crippen LogP contribution in [-0.4, -0.2) is 15.8 Å². The number of nitrogens with zero attached hydrogens (tertiary/aromatic N) is 5. The van der Waals surface area contributed by atoms with Gasteiger partial charge in [-0.2, -0.15) is 5.10 Å². The molecule has 0 saturated carbocycles. The fraction of sp³-hybridized carbons (Fsp3) is 0.571. The minimum absolute atomic E-state index is 0.124. The van der Waals surface area contributed by atoms with Crippen LogP contribution < -0.4 is 0 Å². The van der Waals surface area contributed by atoms with E-state index in [1.54, 1.807) is 6.20 Å². The van der Waals surface area contributed by atoms with E-state index in [1.807, 2.05) is 10.7 Å². The molecule has 1 aliphatic heterocycles. The Balaban J connectivity index is 2.20. The van der Waals surface area contributed by atoms with Gasteiger partial charge in [-0.15, -0.1) is 0 Å². The molecule has 2 heterocycles. The van der Waals surface area contributed by atoms with Crippen molar-refractivity contribution in [1.29, 1.82) is 0 Å². The molecule has 62 valence electrons. The summed E-state index contributed by atoms with van der Waals surface area (Å²) in [5.74, 6) is 0. The molecule has 0 fully saturated rings. The van der Waals surface area contributed by atoms with Gasteiger partial charge in [0.25, 0.3) is 0 Å². The van der Waals surface area contributed by atoms with Crippen molar-refractivity contribution in [2.75, 3.05) is 0 Å². The van der Waals surface area contributed by atoms with Gasteiger partial charge < -0.3 is 0 Å². The van der Waals surface area contributed by atoms with Gasteiger partial charge in [0.15, 0.2) is 0 Å². The van der Waals surface area contributed by atoms with Gasteiger partial charge in [-0.25, -0.2) is 0 Å². The van der Waals surface area contributed by atoms with Crippen LogP contribution in [0.4, 0.5) is 0 Å². The maximum atomic E-state index is 8.25. The Bertz CT molecular complexity index is 322. The molecule has 0 radical (unpaired) electrons. The largest absolute Gasteiger partial charge is 0.270 e. The van der Waals surface area contributed by atoms with E-state index in [9.17, 15) is 0 Å². The average Bonchev–Trinajstić information content (AvgIpc) is 2.51. The Morgan fingerprint density at radius 1 is 1.75 bits per heavy atom. The van der Waals surface area contributed by atoms with Crippen molar-refractivity contribution in [2.45, 2.75) is 25.4 Å². The summed E-state index contributed by atoms with van der Waals surface area (Å²) >= 11 is 0. The lowest BCUT2D eigenvalue weighted by Gasteiger charge is -2.18. The van der Waals surface area contributed by atoms with Gasteiger partial charge in [-0.3, -0.25) is 4.68 Å². The molecule has 12 heavy (non-hydrogen) atoms. The third kappa shape index (κ3) is 1.14.